The number of aromatic hydroxyl groups is 1. The summed E-state index contributed by atoms with van der Waals surface area (Å²) < 4.78 is 12.8. The summed E-state index contributed by atoms with van der Waals surface area (Å²) in [6.45, 7) is 2.85. The van der Waals surface area contributed by atoms with Crippen molar-refractivity contribution < 1.29 is 9.50 Å². The smallest absolute Gasteiger partial charge is 0.225 e. The van der Waals surface area contributed by atoms with E-state index < -0.39 is 5.82 Å². The van der Waals surface area contributed by atoms with Gasteiger partial charge in [-0.3, -0.25) is 0 Å². The normalized spacial score (nSPS) is 15.3. The van der Waals surface area contributed by atoms with Crippen molar-refractivity contribution in [3.05, 3.63) is 36.4 Å². The first-order chi connectivity index (χ1) is 10.1. The fourth-order valence-electron chi connectivity index (χ4n) is 2.42. The lowest BCUT2D eigenvalue weighted by atomic mass is 10.2. The number of rotatable bonds is 2. The number of piperazine rings is 1. The van der Waals surface area contributed by atoms with Crippen molar-refractivity contribution in [3.63, 3.8) is 0 Å². The molecule has 21 heavy (non-hydrogen) atoms. The summed E-state index contributed by atoms with van der Waals surface area (Å²) in [6, 6.07) is 5.13. The molecule has 110 valence electrons. The molecule has 3 rings (SSSR count). The predicted molar refractivity (Wildman–Crippen MR) is 78.9 cm³/mol. The van der Waals surface area contributed by atoms with E-state index in [1.807, 2.05) is 11.0 Å². The van der Waals surface area contributed by atoms with E-state index in [1.165, 1.54) is 12.4 Å². The van der Waals surface area contributed by atoms with Gasteiger partial charge in [0, 0.05) is 37.9 Å². The quantitative estimate of drug-likeness (QED) is 0.810. The van der Waals surface area contributed by atoms with Gasteiger partial charge in [0.05, 0.1) is 18.1 Å². The Morgan fingerprint density at radius 1 is 1.05 bits per heavy atom. The van der Waals surface area contributed by atoms with Crippen molar-refractivity contribution in [2.75, 3.05) is 41.7 Å². The highest BCUT2D eigenvalue weighted by Crippen LogP contribution is 2.30. The summed E-state index contributed by atoms with van der Waals surface area (Å²) in [5, 5.41) is 9.96. The molecule has 1 aliphatic heterocycles. The Hall–Kier alpha value is -2.57. The van der Waals surface area contributed by atoms with Crippen molar-refractivity contribution in [3.8, 4) is 5.75 Å². The maximum atomic E-state index is 12.8. The number of benzene rings is 1. The van der Waals surface area contributed by atoms with Crippen LogP contribution < -0.4 is 15.5 Å². The van der Waals surface area contributed by atoms with E-state index >= 15 is 0 Å². The molecule has 2 heterocycles. The number of halogens is 1. The van der Waals surface area contributed by atoms with E-state index in [-0.39, 0.29) is 5.75 Å². The molecule has 7 heteroatoms. The summed E-state index contributed by atoms with van der Waals surface area (Å²) in [4.78, 5) is 12.0. The Labute approximate surface area is 121 Å². The van der Waals surface area contributed by atoms with Gasteiger partial charge in [-0.25, -0.2) is 14.4 Å². The van der Waals surface area contributed by atoms with Crippen LogP contribution in [0.2, 0.25) is 0 Å². The minimum atomic E-state index is -0.441. The Bertz CT molecular complexity index is 626. The lowest BCUT2D eigenvalue weighted by molar-refractivity contribution is 0.472. The molecule has 0 unspecified atom stereocenters. The molecule has 0 amide bonds. The first-order valence-corrected chi connectivity index (χ1v) is 6.69. The highest BCUT2D eigenvalue weighted by Gasteiger charge is 2.20. The zero-order valence-electron chi connectivity index (χ0n) is 11.4. The van der Waals surface area contributed by atoms with Crippen LogP contribution in [0.4, 0.5) is 21.7 Å². The van der Waals surface area contributed by atoms with Gasteiger partial charge in [0.2, 0.25) is 5.95 Å². The Kier molecular flexibility index (Phi) is 3.47. The molecule has 0 spiro atoms. The van der Waals surface area contributed by atoms with E-state index in [9.17, 15) is 9.50 Å². The molecule has 3 N–H and O–H groups in total. The molecule has 0 atom stereocenters. The van der Waals surface area contributed by atoms with Crippen molar-refractivity contribution >= 4 is 17.3 Å². The van der Waals surface area contributed by atoms with Crippen LogP contribution in [0.25, 0.3) is 0 Å². The third-order valence-corrected chi connectivity index (χ3v) is 3.51. The molecule has 0 saturated carbocycles. The number of nitrogens with two attached hydrogens (primary N) is 1. The van der Waals surface area contributed by atoms with Crippen LogP contribution in [0, 0.1) is 5.82 Å². The molecule has 1 aromatic heterocycles. The number of nitrogen functional groups attached to an aromatic ring is 1. The van der Waals surface area contributed by atoms with E-state index in [0.717, 1.165) is 18.8 Å². The molecular formula is C14H16FN5O. The lowest BCUT2D eigenvalue weighted by Gasteiger charge is -2.36. The first kappa shape index (κ1) is 13.4. The molecule has 1 aliphatic rings. The van der Waals surface area contributed by atoms with Crippen LogP contribution in [-0.4, -0.2) is 41.3 Å². The largest absolute Gasteiger partial charge is 0.506 e. The SMILES string of the molecule is Nc1ccc(N2CCN(c3ncc(F)cn3)CC2)c(O)c1. The monoisotopic (exact) mass is 289 g/mol. The molecule has 1 fully saturated rings. The van der Waals surface area contributed by atoms with Gasteiger partial charge in [-0.15, -0.1) is 0 Å². The Balaban J connectivity index is 1.68. The average molecular weight is 289 g/mol. The molecule has 2 aromatic rings. The van der Waals surface area contributed by atoms with E-state index in [4.69, 9.17) is 5.73 Å². The number of nitrogens with zero attached hydrogens (tertiary/aromatic N) is 4. The van der Waals surface area contributed by atoms with Gasteiger partial charge >= 0.3 is 0 Å². The lowest BCUT2D eigenvalue weighted by Crippen LogP contribution is -2.47. The van der Waals surface area contributed by atoms with E-state index in [1.54, 1.807) is 12.1 Å². The maximum absolute atomic E-state index is 12.8. The number of hydrogen-bond acceptors (Lipinski definition) is 6. The zero-order chi connectivity index (χ0) is 14.8. The van der Waals surface area contributed by atoms with Gasteiger partial charge in [0.25, 0.3) is 0 Å². The minimum absolute atomic E-state index is 0.182. The third kappa shape index (κ3) is 2.81. The van der Waals surface area contributed by atoms with Crippen molar-refractivity contribution in [2.45, 2.75) is 0 Å². The zero-order valence-corrected chi connectivity index (χ0v) is 11.4. The minimum Gasteiger partial charge on any atom is -0.506 e. The van der Waals surface area contributed by atoms with E-state index in [0.29, 0.717) is 24.7 Å². The fourth-order valence-corrected chi connectivity index (χ4v) is 2.42. The summed E-state index contributed by atoms with van der Waals surface area (Å²) in [6.07, 6.45) is 2.33. The summed E-state index contributed by atoms with van der Waals surface area (Å²) in [5.74, 6) is 0.267. The highest BCUT2D eigenvalue weighted by atomic mass is 19.1. The van der Waals surface area contributed by atoms with Crippen molar-refractivity contribution in [1.82, 2.24) is 9.97 Å². The van der Waals surface area contributed by atoms with Crippen molar-refractivity contribution in [2.24, 2.45) is 0 Å². The van der Waals surface area contributed by atoms with Crippen molar-refractivity contribution in [1.29, 1.82) is 0 Å². The molecule has 1 saturated heterocycles. The Morgan fingerprint density at radius 2 is 1.67 bits per heavy atom. The van der Waals surface area contributed by atoms with Gasteiger partial charge in [-0.05, 0) is 12.1 Å². The van der Waals surface area contributed by atoms with Gasteiger partial charge < -0.3 is 20.6 Å². The summed E-state index contributed by atoms with van der Waals surface area (Å²) in [7, 11) is 0. The van der Waals surface area contributed by atoms with Crippen LogP contribution in [0.15, 0.2) is 30.6 Å². The molecule has 0 aliphatic carbocycles. The molecule has 0 radical (unpaired) electrons. The fraction of sp³-hybridized carbons (Fsp3) is 0.286. The van der Waals surface area contributed by atoms with E-state index in [2.05, 4.69) is 14.9 Å². The second-order valence-corrected chi connectivity index (χ2v) is 4.92. The summed E-state index contributed by atoms with van der Waals surface area (Å²) in [5.41, 5.74) is 6.94. The van der Waals surface area contributed by atoms with Gasteiger partial charge in [-0.1, -0.05) is 0 Å². The van der Waals surface area contributed by atoms with Crippen LogP contribution in [0.5, 0.6) is 5.75 Å². The molecule has 0 bridgehead atoms. The number of hydrogen-bond donors (Lipinski definition) is 2. The molecular weight excluding hydrogens is 273 g/mol. The average Bonchev–Trinajstić information content (AvgIpc) is 2.48. The Morgan fingerprint density at radius 3 is 2.29 bits per heavy atom. The van der Waals surface area contributed by atoms with Crippen LogP contribution in [-0.2, 0) is 0 Å². The number of anilines is 3. The highest BCUT2D eigenvalue weighted by molar-refractivity contribution is 5.63. The number of phenolic OH excluding ortho intramolecular Hbond substituents is 1. The van der Waals surface area contributed by atoms with Crippen LogP contribution in [0.1, 0.15) is 0 Å². The standard InChI is InChI=1S/C14H16FN5O/c15-10-8-17-14(18-9-10)20-5-3-19(4-6-20)12-2-1-11(16)7-13(12)21/h1-2,7-9,21H,3-6,16H2. The molecule has 6 nitrogen and oxygen atoms in total. The second-order valence-electron chi connectivity index (χ2n) is 4.92. The summed E-state index contributed by atoms with van der Waals surface area (Å²) >= 11 is 0. The number of aromatic nitrogens is 2. The third-order valence-electron chi connectivity index (χ3n) is 3.51. The topological polar surface area (TPSA) is 78.5 Å². The maximum Gasteiger partial charge on any atom is 0.225 e. The van der Waals surface area contributed by atoms with Gasteiger partial charge in [-0.2, -0.15) is 0 Å². The second kappa shape index (κ2) is 5.43. The van der Waals surface area contributed by atoms with Crippen LogP contribution in [0.3, 0.4) is 0 Å². The van der Waals surface area contributed by atoms with Gasteiger partial charge in [0.1, 0.15) is 5.75 Å². The predicted octanol–water partition coefficient (Wildman–Crippen LogP) is 1.23. The first-order valence-electron chi connectivity index (χ1n) is 6.69. The van der Waals surface area contributed by atoms with Crippen LogP contribution >= 0.6 is 0 Å². The molecule has 1 aromatic carbocycles. The number of phenols is 1. The van der Waals surface area contributed by atoms with Gasteiger partial charge in [0.15, 0.2) is 5.82 Å².